The van der Waals surface area contributed by atoms with Gasteiger partial charge in [0, 0.05) is 30.5 Å². The van der Waals surface area contributed by atoms with Crippen LogP contribution in [0.2, 0.25) is 5.02 Å². The predicted octanol–water partition coefficient (Wildman–Crippen LogP) is 4.36. The van der Waals surface area contributed by atoms with Crippen molar-refractivity contribution in [3.63, 3.8) is 0 Å². The smallest absolute Gasteiger partial charge is 0.226 e. The van der Waals surface area contributed by atoms with Gasteiger partial charge in [-0.2, -0.15) is 0 Å². The number of benzene rings is 2. The number of carbonyl (C=O) groups is 1. The van der Waals surface area contributed by atoms with E-state index in [0.717, 1.165) is 67.3 Å². The maximum absolute atomic E-state index is 12.7. The highest BCUT2D eigenvalue weighted by atomic mass is 35.5. The molecule has 0 bridgehead atoms. The molecular formula is C22H21ClN2O3. The van der Waals surface area contributed by atoms with Gasteiger partial charge in [-0.3, -0.25) is 4.79 Å². The number of hydrogen-bond acceptors (Lipinski definition) is 4. The number of hydrogen-bond donors (Lipinski definition) is 0. The third kappa shape index (κ3) is 3.35. The molecule has 0 unspecified atom stereocenters. The predicted molar refractivity (Wildman–Crippen MR) is 107 cm³/mol. The summed E-state index contributed by atoms with van der Waals surface area (Å²) < 4.78 is 11.5. The summed E-state index contributed by atoms with van der Waals surface area (Å²) in [6, 6.07) is 11.6. The van der Waals surface area contributed by atoms with Crippen molar-refractivity contribution >= 4 is 28.6 Å². The monoisotopic (exact) mass is 396 g/mol. The van der Waals surface area contributed by atoms with Crippen molar-refractivity contribution in [1.82, 2.24) is 9.88 Å². The van der Waals surface area contributed by atoms with E-state index in [9.17, 15) is 4.79 Å². The Hall–Kier alpha value is -2.53. The average molecular weight is 397 g/mol. The molecule has 0 atom stereocenters. The van der Waals surface area contributed by atoms with E-state index in [0.29, 0.717) is 11.4 Å². The van der Waals surface area contributed by atoms with Crippen LogP contribution in [0.1, 0.15) is 35.8 Å². The van der Waals surface area contributed by atoms with Crippen LogP contribution in [0.4, 0.5) is 0 Å². The largest absolute Gasteiger partial charge is 0.493 e. The maximum Gasteiger partial charge on any atom is 0.226 e. The molecule has 5 nitrogen and oxygen atoms in total. The van der Waals surface area contributed by atoms with Crippen molar-refractivity contribution in [1.29, 1.82) is 0 Å². The standard InChI is InChI=1S/C22H21ClN2O3/c23-17-2-4-20-18(13-17)24-22(28-20)15-5-8-25(9-6-15)21(26)12-14-1-3-19-16(11-14)7-10-27-19/h1-4,11,13,15H,5-10,12H2. The third-order valence-corrected chi connectivity index (χ3v) is 5.91. The van der Waals surface area contributed by atoms with Gasteiger partial charge in [0.2, 0.25) is 5.91 Å². The van der Waals surface area contributed by atoms with Crippen LogP contribution in [0.5, 0.6) is 5.75 Å². The van der Waals surface area contributed by atoms with Crippen LogP contribution in [0.3, 0.4) is 0 Å². The van der Waals surface area contributed by atoms with Gasteiger partial charge in [0.05, 0.1) is 13.0 Å². The lowest BCUT2D eigenvalue weighted by atomic mass is 9.96. The molecule has 2 aliphatic rings. The summed E-state index contributed by atoms with van der Waals surface area (Å²) >= 11 is 6.03. The number of ether oxygens (including phenoxy) is 1. The normalized spacial score (nSPS) is 17.0. The molecule has 0 spiro atoms. The highest BCUT2D eigenvalue weighted by Gasteiger charge is 2.27. The number of halogens is 1. The van der Waals surface area contributed by atoms with Crippen LogP contribution in [0, 0.1) is 0 Å². The minimum atomic E-state index is 0.182. The molecule has 144 valence electrons. The number of likely N-dealkylation sites (tertiary alicyclic amines) is 1. The Bertz CT molecular complexity index is 1040. The third-order valence-electron chi connectivity index (χ3n) is 5.67. The van der Waals surface area contributed by atoms with E-state index in [2.05, 4.69) is 11.1 Å². The van der Waals surface area contributed by atoms with Crippen LogP contribution in [0.15, 0.2) is 40.8 Å². The summed E-state index contributed by atoms with van der Waals surface area (Å²) in [5.41, 5.74) is 3.83. The van der Waals surface area contributed by atoms with Gasteiger partial charge in [0.15, 0.2) is 11.5 Å². The van der Waals surface area contributed by atoms with Gasteiger partial charge in [-0.15, -0.1) is 0 Å². The number of amides is 1. The van der Waals surface area contributed by atoms with Crippen molar-refractivity contribution in [3.05, 3.63) is 58.4 Å². The molecule has 0 radical (unpaired) electrons. The average Bonchev–Trinajstić information content (AvgIpc) is 3.34. The number of rotatable bonds is 3. The molecule has 2 aliphatic heterocycles. The summed E-state index contributed by atoms with van der Waals surface area (Å²) in [6.07, 6.45) is 3.10. The summed E-state index contributed by atoms with van der Waals surface area (Å²) in [4.78, 5) is 19.3. The minimum Gasteiger partial charge on any atom is -0.493 e. The number of oxazole rings is 1. The Morgan fingerprint density at radius 2 is 2.04 bits per heavy atom. The first-order valence-electron chi connectivity index (χ1n) is 9.74. The van der Waals surface area contributed by atoms with E-state index in [-0.39, 0.29) is 11.8 Å². The number of nitrogens with zero attached hydrogens (tertiary/aromatic N) is 2. The lowest BCUT2D eigenvalue weighted by Gasteiger charge is -2.30. The summed E-state index contributed by atoms with van der Waals surface area (Å²) in [5, 5.41) is 0.658. The molecule has 1 fully saturated rings. The van der Waals surface area contributed by atoms with Crippen LogP contribution in [-0.2, 0) is 17.6 Å². The second-order valence-electron chi connectivity index (χ2n) is 7.54. The van der Waals surface area contributed by atoms with Crippen molar-refractivity contribution in [2.24, 2.45) is 0 Å². The fraction of sp³-hybridized carbons (Fsp3) is 0.364. The topological polar surface area (TPSA) is 55.6 Å². The summed E-state index contributed by atoms with van der Waals surface area (Å²) in [6.45, 7) is 2.20. The molecule has 2 aromatic carbocycles. The fourth-order valence-electron chi connectivity index (χ4n) is 4.11. The number of carbonyl (C=O) groups excluding carboxylic acids is 1. The van der Waals surface area contributed by atoms with Gasteiger partial charge in [-0.05, 0) is 48.2 Å². The Labute approximate surface area is 168 Å². The molecule has 3 aromatic rings. The lowest BCUT2D eigenvalue weighted by Crippen LogP contribution is -2.38. The first-order valence-corrected chi connectivity index (χ1v) is 10.1. The molecule has 6 heteroatoms. The van der Waals surface area contributed by atoms with Gasteiger partial charge in [-0.25, -0.2) is 4.98 Å². The van der Waals surface area contributed by atoms with Gasteiger partial charge in [0.1, 0.15) is 11.3 Å². The van der Waals surface area contributed by atoms with Gasteiger partial charge < -0.3 is 14.1 Å². The van der Waals surface area contributed by atoms with E-state index in [1.807, 2.05) is 35.2 Å². The molecule has 1 aromatic heterocycles. The Morgan fingerprint density at radius 3 is 2.89 bits per heavy atom. The summed E-state index contributed by atoms with van der Waals surface area (Å²) in [5.74, 6) is 2.13. The molecular weight excluding hydrogens is 376 g/mol. The lowest BCUT2D eigenvalue weighted by molar-refractivity contribution is -0.131. The van der Waals surface area contributed by atoms with Crippen molar-refractivity contribution in [2.45, 2.75) is 31.6 Å². The highest BCUT2D eigenvalue weighted by Crippen LogP contribution is 2.31. The van der Waals surface area contributed by atoms with Crippen molar-refractivity contribution < 1.29 is 13.9 Å². The van der Waals surface area contributed by atoms with Crippen LogP contribution in [0.25, 0.3) is 11.1 Å². The molecule has 3 heterocycles. The Morgan fingerprint density at radius 1 is 1.18 bits per heavy atom. The molecule has 0 saturated carbocycles. The molecule has 1 amide bonds. The first kappa shape index (κ1) is 17.6. The molecule has 0 N–H and O–H groups in total. The zero-order valence-corrected chi connectivity index (χ0v) is 16.2. The van der Waals surface area contributed by atoms with E-state index >= 15 is 0 Å². The van der Waals surface area contributed by atoms with E-state index in [4.69, 9.17) is 20.8 Å². The molecule has 28 heavy (non-hydrogen) atoms. The van der Waals surface area contributed by atoms with E-state index in [1.54, 1.807) is 0 Å². The van der Waals surface area contributed by atoms with Gasteiger partial charge >= 0.3 is 0 Å². The van der Waals surface area contributed by atoms with Crippen LogP contribution >= 0.6 is 11.6 Å². The van der Waals surface area contributed by atoms with Crippen LogP contribution < -0.4 is 4.74 Å². The Balaban J connectivity index is 1.22. The van der Waals surface area contributed by atoms with Gasteiger partial charge in [0.25, 0.3) is 0 Å². The number of piperidine rings is 1. The van der Waals surface area contributed by atoms with Crippen molar-refractivity contribution in [3.8, 4) is 5.75 Å². The molecule has 1 saturated heterocycles. The minimum absolute atomic E-state index is 0.182. The number of fused-ring (bicyclic) bond motifs is 2. The quantitative estimate of drug-likeness (QED) is 0.659. The second kappa shape index (κ2) is 7.13. The van der Waals surface area contributed by atoms with Gasteiger partial charge in [-0.1, -0.05) is 23.7 Å². The molecule has 0 aliphatic carbocycles. The van der Waals surface area contributed by atoms with Crippen LogP contribution in [-0.4, -0.2) is 35.5 Å². The summed E-state index contributed by atoms with van der Waals surface area (Å²) in [7, 11) is 0. The zero-order chi connectivity index (χ0) is 19.1. The van der Waals surface area contributed by atoms with E-state index < -0.39 is 0 Å². The van der Waals surface area contributed by atoms with E-state index in [1.165, 1.54) is 5.56 Å². The highest BCUT2D eigenvalue weighted by molar-refractivity contribution is 6.31. The SMILES string of the molecule is O=C(Cc1ccc2c(c1)CCO2)N1CCC(c2nc3cc(Cl)ccc3o2)CC1. The zero-order valence-electron chi connectivity index (χ0n) is 15.5. The first-order chi connectivity index (χ1) is 13.7. The molecule has 5 rings (SSSR count). The maximum atomic E-state index is 12.7. The van der Waals surface area contributed by atoms with Crippen molar-refractivity contribution in [2.75, 3.05) is 19.7 Å². The Kier molecular flexibility index (Phi) is 4.47. The fourth-order valence-corrected chi connectivity index (χ4v) is 4.27. The number of aromatic nitrogens is 1. The second-order valence-corrected chi connectivity index (χ2v) is 7.97.